The Labute approximate surface area is 98.4 Å². The highest BCUT2D eigenvalue weighted by atomic mass is 15.1. The van der Waals surface area contributed by atoms with Crippen molar-refractivity contribution in [3.8, 4) is 0 Å². The van der Waals surface area contributed by atoms with E-state index >= 15 is 0 Å². The maximum absolute atomic E-state index is 5.80. The monoisotopic (exact) mass is 218 g/mol. The van der Waals surface area contributed by atoms with Crippen molar-refractivity contribution in [1.29, 1.82) is 0 Å². The number of para-hydroxylation sites is 1. The third-order valence-corrected chi connectivity index (χ3v) is 3.42. The number of nitrogens with zero attached hydrogens (tertiary/aromatic N) is 1. The summed E-state index contributed by atoms with van der Waals surface area (Å²) < 4.78 is 0. The molecular formula is C14H22N2. The average molecular weight is 218 g/mol. The van der Waals surface area contributed by atoms with E-state index in [1.807, 2.05) is 0 Å². The van der Waals surface area contributed by atoms with Gasteiger partial charge in [0.1, 0.15) is 0 Å². The highest BCUT2D eigenvalue weighted by molar-refractivity contribution is 5.54. The molecule has 0 radical (unpaired) electrons. The lowest BCUT2D eigenvalue weighted by atomic mass is 9.91. The van der Waals surface area contributed by atoms with E-state index in [0.717, 1.165) is 11.8 Å². The number of nitrogens with two attached hydrogens (primary N) is 1. The van der Waals surface area contributed by atoms with Crippen LogP contribution in [0.2, 0.25) is 0 Å². The van der Waals surface area contributed by atoms with Crippen LogP contribution < -0.4 is 10.6 Å². The van der Waals surface area contributed by atoms with Crippen LogP contribution in [0.1, 0.15) is 25.8 Å². The zero-order valence-electron chi connectivity index (χ0n) is 10.3. The molecule has 1 aliphatic heterocycles. The van der Waals surface area contributed by atoms with Crippen LogP contribution in [0, 0.1) is 11.8 Å². The number of hydrogen-bond acceptors (Lipinski definition) is 2. The van der Waals surface area contributed by atoms with Gasteiger partial charge in [0.15, 0.2) is 0 Å². The summed E-state index contributed by atoms with van der Waals surface area (Å²) in [6.45, 7) is 7.65. The Balaban J connectivity index is 2.22. The second-order valence-corrected chi connectivity index (χ2v) is 5.18. The van der Waals surface area contributed by atoms with E-state index < -0.39 is 0 Å². The van der Waals surface area contributed by atoms with Crippen molar-refractivity contribution in [2.75, 3.05) is 18.0 Å². The predicted octanol–water partition coefficient (Wildman–Crippen LogP) is 2.63. The fourth-order valence-electron chi connectivity index (χ4n) is 2.85. The molecule has 2 N–H and O–H groups in total. The molecule has 0 aliphatic carbocycles. The molecule has 1 aromatic rings. The number of hydrogen-bond donors (Lipinski definition) is 1. The van der Waals surface area contributed by atoms with Crippen molar-refractivity contribution in [3.63, 3.8) is 0 Å². The van der Waals surface area contributed by atoms with Gasteiger partial charge in [-0.05, 0) is 29.9 Å². The van der Waals surface area contributed by atoms with Crippen LogP contribution in [0.4, 0.5) is 5.69 Å². The summed E-state index contributed by atoms with van der Waals surface area (Å²) in [5.41, 5.74) is 8.40. The van der Waals surface area contributed by atoms with Crippen molar-refractivity contribution < 1.29 is 0 Å². The molecule has 1 fully saturated rings. The molecule has 2 rings (SSSR count). The Morgan fingerprint density at radius 1 is 1.19 bits per heavy atom. The lowest BCUT2D eigenvalue weighted by Crippen LogP contribution is -2.39. The van der Waals surface area contributed by atoms with Gasteiger partial charge < -0.3 is 10.6 Å². The minimum absolute atomic E-state index is 0.634. The summed E-state index contributed by atoms with van der Waals surface area (Å²) >= 11 is 0. The third kappa shape index (κ3) is 2.38. The maximum atomic E-state index is 5.80. The zero-order chi connectivity index (χ0) is 11.5. The van der Waals surface area contributed by atoms with E-state index in [2.05, 4.69) is 43.0 Å². The van der Waals surface area contributed by atoms with Gasteiger partial charge in [-0.3, -0.25) is 0 Å². The smallest absolute Gasteiger partial charge is 0.0411 e. The molecule has 0 spiro atoms. The molecule has 88 valence electrons. The van der Waals surface area contributed by atoms with Gasteiger partial charge in [-0.25, -0.2) is 0 Å². The minimum atomic E-state index is 0.634. The molecule has 2 unspecified atom stereocenters. The van der Waals surface area contributed by atoms with Gasteiger partial charge in [-0.1, -0.05) is 32.0 Å². The molecule has 0 bridgehead atoms. The van der Waals surface area contributed by atoms with Crippen LogP contribution in [0.25, 0.3) is 0 Å². The van der Waals surface area contributed by atoms with Gasteiger partial charge in [-0.2, -0.15) is 0 Å². The summed E-state index contributed by atoms with van der Waals surface area (Å²) in [5.74, 6) is 1.57. The van der Waals surface area contributed by atoms with Gasteiger partial charge in [0, 0.05) is 25.3 Å². The Hall–Kier alpha value is -1.02. The molecule has 0 amide bonds. The summed E-state index contributed by atoms with van der Waals surface area (Å²) in [6.07, 6.45) is 1.35. The van der Waals surface area contributed by atoms with Gasteiger partial charge >= 0.3 is 0 Å². The molecule has 1 heterocycles. The summed E-state index contributed by atoms with van der Waals surface area (Å²) in [6, 6.07) is 8.52. The van der Waals surface area contributed by atoms with Crippen molar-refractivity contribution >= 4 is 5.69 Å². The van der Waals surface area contributed by atoms with E-state index in [9.17, 15) is 0 Å². The fourth-order valence-corrected chi connectivity index (χ4v) is 2.85. The van der Waals surface area contributed by atoms with Crippen molar-refractivity contribution in [3.05, 3.63) is 29.8 Å². The number of anilines is 1. The summed E-state index contributed by atoms with van der Waals surface area (Å²) in [7, 11) is 0. The molecule has 2 nitrogen and oxygen atoms in total. The molecule has 1 aliphatic rings. The predicted molar refractivity (Wildman–Crippen MR) is 69.5 cm³/mol. The largest absolute Gasteiger partial charge is 0.371 e. The first kappa shape index (κ1) is 11.5. The van der Waals surface area contributed by atoms with Gasteiger partial charge in [0.05, 0.1) is 0 Å². The van der Waals surface area contributed by atoms with E-state index in [0.29, 0.717) is 6.54 Å². The first-order chi connectivity index (χ1) is 7.70. The van der Waals surface area contributed by atoms with Crippen LogP contribution in [0.5, 0.6) is 0 Å². The average Bonchev–Trinajstić information content (AvgIpc) is 2.27. The molecule has 16 heavy (non-hydrogen) atoms. The van der Waals surface area contributed by atoms with Crippen LogP contribution in [-0.2, 0) is 6.54 Å². The molecule has 2 atom stereocenters. The third-order valence-electron chi connectivity index (χ3n) is 3.42. The Morgan fingerprint density at radius 3 is 2.44 bits per heavy atom. The van der Waals surface area contributed by atoms with E-state index in [-0.39, 0.29) is 0 Å². The van der Waals surface area contributed by atoms with Crippen molar-refractivity contribution in [2.45, 2.75) is 26.8 Å². The lowest BCUT2D eigenvalue weighted by Gasteiger charge is -2.37. The van der Waals surface area contributed by atoms with Crippen LogP contribution in [0.3, 0.4) is 0 Å². The van der Waals surface area contributed by atoms with Crippen molar-refractivity contribution in [2.24, 2.45) is 17.6 Å². The van der Waals surface area contributed by atoms with Gasteiger partial charge in [0.2, 0.25) is 0 Å². The molecule has 1 aromatic carbocycles. The standard InChI is InChI=1S/C14H22N2/c1-11-7-12(2)10-16(9-11)14-6-4-3-5-13(14)8-15/h3-6,11-12H,7-10,15H2,1-2H3. The van der Waals surface area contributed by atoms with Crippen LogP contribution >= 0.6 is 0 Å². The highest BCUT2D eigenvalue weighted by Gasteiger charge is 2.22. The van der Waals surface area contributed by atoms with E-state index in [1.165, 1.54) is 30.8 Å². The van der Waals surface area contributed by atoms with E-state index in [1.54, 1.807) is 0 Å². The number of piperidine rings is 1. The number of rotatable bonds is 2. The Kier molecular flexibility index (Phi) is 3.49. The second kappa shape index (κ2) is 4.88. The van der Waals surface area contributed by atoms with Crippen LogP contribution in [-0.4, -0.2) is 13.1 Å². The van der Waals surface area contributed by atoms with Gasteiger partial charge in [0.25, 0.3) is 0 Å². The van der Waals surface area contributed by atoms with Crippen molar-refractivity contribution in [1.82, 2.24) is 0 Å². The fraction of sp³-hybridized carbons (Fsp3) is 0.571. The first-order valence-corrected chi connectivity index (χ1v) is 6.23. The SMILES string of the molecule is CC1CC(C)CN(c2ccccc2CN)C1. The number of benzene rings is 1. The normalized spacial score (nSPS) is 25.8. The molecule has 0 aromatic heterocycles. The van der Waals surface area contributed by atoms with Crippen LogP contribution in [0.15, 0.2) is 24.3 Å². The lowest BCUT2D eigenvalue weighted by molar-refractivity contribution is 0.356. The van der Waals surface area contributed by atoms with E-state index in [4.69, 9.17) is 5.73 Å². The highest BCUT2D eigenvalue weighted by Crippen LogP contribution is 2.28. The molecule has 1 saturated heterocycles. The quantitative estimate of drug-likeness (QED) is 0.827. The molecular weight excluding hydrogens is 196 g/mol. The Morgan fingerprint density at radius 2 is 1.81 bits per heavy atom. The first-order valence-electron chi connectivity index (χ1n) is 6.23. The maximum Gasteiger partial charge on any atom is 0.0411 e. The zero-order valence-corrected chi connectivity index (χ0v) is 10.3. The molecule has 2 heteroatoms. The minimum Gasteiger partial charge on any atom is -0.371 e. The second-order valence-electron chi connectivity index (χ2n) is 5.18. The molecule has 0 saturated carbocycles. The summed E-state index contributed by atoms with van der Waals surface area (Å²) in [5, 5.41) is 0. The summed E-state index contributed by atoms with van der Waals surface area (Å²) in [4.78, 5) is 2.50. The topological polar surface area (TPSA) is 29.3 Å². The Bertz CT molecular complexity index is 338. The van der Waals surface area contributed by atoms with Gasteiger partial charge in [-0.15, -0.1) is 0 Å².